The van der Waals surface area contributed by atoms with Crippen molar-refractivity contribution >= 4 is 10.8 Å². The Labute approximate surface area is 112 Å². The molecule has 0 amide bonds. The molecule has 1 unspecified atom stereocenters. The van der Waals surface area contributed by atoms with Crippen LogP contribution in [-0.4, -0.2) is 11.3 Å². The minimum Gasteiger partial charge on any atom is -0.497 e. The maximum Gasteiger partial charge on any atom is 0.131 e. The molecule has 2 aromatic rings. The number of hydrogen-bond donors (Lipinski definition) is 0. The van der Waals surface area contributed by atoms with Gasteiger partial charge in [-0.3, -0.25) is 4.21 Å². The third-order valence-electron chi connectivity index (χ3n) is 2.62. The fourth-order valence-electron chi connectivity index (χ4n) is 1.58. The lowest BCUT2D eigenvalue weighted by Gasteiger charge is -2.06. The van der Waals surface area contributed by atoms with E-state index in [1.54, 1.807) is 6.07 Å². The van der Waals surface area contributed by atoms with E-state index in [1.807, 2.05) is 0 Å². The van der Waals surface area contributed by atoms with Crippen molar-refractivity contribution < 1.29 is 17.7 Å². The largest absolute Gasteiger partial charge is 0.497 e. The minimum absolute atomic E-state index is 0.0431. The SMILES string of the molecule is COc1ccc(CS(=O)c2ccc(F)cc2)c(F)c1. The molecule has 0 fully saturated rings. The lowest BCUT2D eigenvalue weighted by molar-refractivity contribution is 0.411. The molecule has 19 heavy (non-hydrogen) atoms. The zero-order valence-corrected chi connectivity index (χ0v) is 11.0. The quantitative estimate of drug-likeness (QED) is 0.860. The number of hydrogen-bond acceptors (Lipinski definition) is 2. The van der Waals surface area contributed by atoms with Crippen LogP contribution in [0.2, 0.25) is 0 Å². The molecule has 0 aliphatic heterocycles. The van der Waals surface area contributed by atoms with Crippen molar-refractivity contribution in [3.63, 3.8) is 0 Å². The van der Waals surface area contributed by atoms with Gasteiger partial charge in [-0.25, -0.2) is 8.78 Å². The zero-order chi connectivity index (χ0) is 13.8. The molecule has 0 saturated carbocycles. The van der Waals surface area contributed by atoms with E-state index in [0.717, 1.165) is 0 Å². The topological polar surface area (TPSA) is 26.3 Å². The number of rotatable bonds is 4. The Morgan fingerprint density at radius 2 is 1.79 bits per heavy atom. The Kier molecular flexibility index (Phi) is 4.27. The molecule has 0 heterocycles. The second kappa shape index (κ2) is 5.93. The van der Waals surface area contributed by atoms with Gasteiger partial charge in [0.15, 0.2) is 0 Å². The van der Waals surface area contributed by atoms with Gasteiger partial charge in [-0.1, -0.05) is 6.07 Å². The third-order valence-corrected chi connectivity index (χ3v) is 3.99. The van der Waals surface area contributed by atoms with E-state index in [-0.39, 0.29) is 5.75 Å². The van der Waals surface area contributed by atoms with Crippen molar-refractivity contribution in [2.24, 2.45) is 0 Å². The minimum atomic E-state index is -1.41. The van der Waals surface area contributed by atoms with Gasteiger partial charge >= 0.3 is 0 Å². The van der Waals surface area contributed by atoms with Crippen molar-refractivity contribution in [2.45, 2.75) is 10.6 Å². The lowest BCUT2D eigenvalue weighted by Crippen LogP contribution is -1.99. The number of ether oxygens (including phenoxy) is 1. The zero-order valence-electron chi connectivity index (χ0n) is 10.2. The van der Waals surface area contributed by atoms with E-state index in [0.29, 0.717) is 16.2 Å². The highest BCUT2D eigenvalue weighted by Crippen LogP contribution is 2.19. The van der Waals surface area contributed by atoms with Gasteiger partial charge in [0.2, 0.25) is 0 Å². The molecule has 0 spiro atoms. The Bertz CT molecular complexity index is 597. The van der Waals surface area contributed by atoms with E-state index in [2.05, 4.69) is 0 Å². The fraction of sp³-hybridized carbons (Fsp3) is 0.143. The van der Waals surface area contributed by atoms with Crippen molar-refractivity contribution in [2.75, 3.05) is 7.11 Å². The smallest absolute Gasteiger partial charge is 0.131 e. The van der Waals surface area contributed by atoms with Gasteiger partial charge in [0.05, 0.1) is 23.7 Å². The summed E-state index contributed by atoms with van der Waals surface area (Å²) in [7, 11) is 0.0405. The fourth-order valence-corrected chi connectivity index (χ4v) is 2.71. The number of halogens is 2. The van der Waals surface area contributed by atoms with Gasteiger partial charge in [-0.2, -0.15) is 0 Å². The van der Waals surface area contributed by atoms with E-state index in [1.165, 1.54) is 43.5 Å². The van der Waals surface area contributed by atoms with Gasteiger partial charge in [-0.05, 0) is 30.3 Å². The van der Waals surface area contributed by atoms with Crippen LogP contribution in [0, 0.1) is 11.6 Å². The van der Waals surface area contributed by atoms with Gasteiger partial charge in [0.1, 0.15) is 17.4 Å². The first kappa shape index (κ1) is 13.7. The molecule has 0 saturated heterocycles. The summed E-state index contributed by atoms with van der Waals surface area (Å²) in [6.45, 7) is 0. The van der Waals surface area contributed by atoms with Gasteiger partial charge < -0.3 is 4.74 Å². The summed E-state index contributed by atoms with van der Waals surface area (Å²) in [5.41, 5.74) is 0.337. The van der Waals surface area contributed by atoms with Crippen LogP contribution < -0.4 is 4.74 Å². The summed E-state index contributed by atoms with van der Waals surface area (Å²) in [6, 6.07) is 9.74. The highest BCUT2D eigenvalue weighted by atomic mass is 32.2. The maximum absolute atomic E-state index is 13.7. The van der Waals surface area contributed by atoms with Gasteiger partial charge in [0, 0.05) is 16.5 Å². The van der Waals surface area contributed by atoms with E-state index in [9.17, 15) is 13.0 Å². The first-order valence-electron chi connectivity index (χ1n) is 5.56. The molecule has 0 radical (unpaired) electrons. The first-order chi connectivity index (χ1) is 9.10. The van der Waals surface area contributed by atoms with Crippen LogP contribution in [0.1, 0.15) is 5.56 Å². The van der Waals surface area contributed by atoms with Crippen LogP contribution in [0.25, 0.3) is 0 Å². The molecule has 5 heteroatoms. The monoisotopic (exact) mass is 282 g/mol. The van der Waals surface area contributed by atoms with Crippen LogP contribution in [0.5, 0.6) is 5.75 Å². The molecule has 0 bridgehead atoms. The summed E-state index contributed by atoms with van der Waals surface area (Å²) >= 11 is 0. The van der Waals surface area contributed by atoms with Crippen LogP contribution in [0.3, 0.4) is 0 Å². The highest BCUT2D eigenvalue weighted by Gasteiger charge is 2.10. The molecule has 0 aliphatic carbocycles. The van der Waals surface area contributed by atoms with Crippen molar-refractivity contribution in [3.8, 4) is 5.75 Å². The Balaban J connectivity index is 2.17. The second-order valence-electron chi connectivity index (χ2n) is 3.90. The Morgan fingerprint density at radius 3 is 2.37 bits per heavy atom. The van der Waals surface area contributed by atoms with Crippen molar-refractivity contribution in [1.29, 1.82) is 0 Å². The third kappa shape index (κ3) is 3.38. The van der Waals surface area contributed by atoms with Crippen LogP contribution in [0.15, 0.2) is 47.4 Å². The van der Waals surface area contributed by atoms with Gasteiger partial charge in [0.25, 0.3) is 0 Å². The number of benzene rings is 2. The van der Waals surface area contributed by atoms with Crippen molar-refractivity contribution in [1.82, 2.24) is 0 Å². The average Bonchev–Trinajstić information content (AvgIpc) is 2.41. The average molecular weight is 282 g/mol. The second-order valence-corrected chi connectivity index (χ2v) is 5.35. The molecule has 0 N–H and O–H groups in total. The molecule has 2 rings (SSSR count). The molecular formula is C14H12F2O2S. The Morgan fingerprint density at radius 1 is 1.11 bits per heavy atom. The number of methoxy groups -OCH3 is 1. The maximum atomic E-state index is 13.7. The van der Waals surface area contributed by atoms with Gasteiger partial charge in [-0.15, -0.1) is 0 Å². The highest BCUT2D eigenvalue weighted by molar-refractivity contribution is 7.84. The summed E-state index contributed by atoms with van der Waals surface area (Å²) in [6.07, 6.45) is 0. The standard InChI is InChI=1S/C14H12F2O2S/c1-18-12-5-2-10(14(16)8-12)9-19(17)13-6-3-11(15)4-7-13/h2-8H,9H2,1H3. The predicted molar refractivity (Wildman–Crippen MR) is 69.5 cm³/mol. The molecule has 0 aromatic heterocycles. The Hall–Kier alpha value is -1.75. The van der Waals surface area contributed by atoms with Crippen LogP contribution in [-0.2, 0) is 16.6 Å². The first-order valence-corrected chi connectivity index (χ1v) is 6.88. The summed E-state index contributed by atoms with van der Waals surface area (Å²) in [4.78, 5) is 0.469. The molecule has 100 valence electrons. The molecule has 2 nitrogen and oxygen atoms in total. The van der Waals surface area contributed by atoms with E-state index >= 15 is 0 Å². The normalized spacial score (nSPS) is 12.2. The predicted octanol–water partition coefficient (Wildman–Crippen LogP) is 3.28. The van der Waals surface area contributed by atoms with Crippen LogP contribution in [0.4, 0.5) is 8.78 Å². The molecular weight excluding hydrogens is 270 g/mol. The lowest BCUT2D eigenvalue weighted by atomic mass is 10.2. The molecule has 2 aromatic carbocycles. The van der Waals surface area contributed by atoms with Crippen molar-refractivity contribution in [3.05, 3.63) is 59.7 Å². The molecule has 1 atom stereocenters. The summed E-state index contributed by atoms with van der Waals surface area (Å²) < 4.78 is 43.4. The summed E-state index contributed by atoms with van der Waals surface area (Å²) in [5.74, 6) is -0.401. The van der Waals surface area contributed by atoms with E-state index in [4.69, 9.17) is 4.74 Å². The van der Waals surface area contributed by atoms with E-state index < -0.39 is 22.4 Å². The van der Waals surface area contributed by atoms with Crippen LogP contribution >= 0.6 is 0 Å². The summed E-state index contributed by atoms with van der Waals surface area (Å²) in [5, 5.41) is 0. The molecule has 0 aliphatic rings.